The minimum Gasteiger partial charge on any atom is -0.493 e. The number of amides is 1. The zero-order valence-corrected chi connectivity index (χ0v) is 18.1. The molecule has 3 rings (SSSR count). The summed E-state index contributed by atoms with van der Waals surface area (Å²) in [6, 6.07) is 9.13. The standard InChI is InChI=1S/C20H16N6O3S2/c1-28-14-4-3-11(7-15(14)29-2)17-12(8-21)18(23)26-19(13(17)9-22)31-10-16(27)25-20-24-5-6-30-20/h3-7H,10H2,1-2H3,(H2,23,26)(H,24,25,27). The molecule has 31 heavy (non-hydrogen) atoms. The van der Waals surface area contributed by atoms with E-state index in [1.54, 1.807) is 29.8 Å². The van der Waals surface area contributed by atoms with Gasteiger partial charge in [0.25, 0.3) is 0 Å². The first-order valence-electron chi connectivity index (χ1n) is 8.70. The Bertz CT molecular complexity index is 1200. The topological polar surface area (TPSA) is 147 Å². The van der Waals surface area contributed by atoms with Crippen molar-refractivity contribution in [2.75, 3.05) is 31.0 Å². The number of rotatable bonds is 7. The van der Waals surface area contributed by atoms with Crippen molar-refractivity contribution in [1.82, 2.24) is 9.97 Å². The van der Waals surface area contributed by atoms with Crippen molar-refractivity contribution in [3.8, 4) is 34.8 Å². The number of aromatic nitrogens is 2. The SMILES string of the molecule is COc1ccc(-c2c(C#N)c(N)nc(SCC(=O)Nc3nccs3)c2C#N)cc1OC. The molecule has 0 bridgehead atoms. The second kappa shape index (κ2) is 9.80. The van der Waals surface area contributed by atoms with Crippen molar-refractivity contribution in [3.05, 3.63) is 40.9 Å². The minimum absolute atomic E-state index is 0.0159. The highest BCUT2D eigenvalue weighted by molar-refractivity contribution is 8.00. The largest absolute Gasteiger partial charge is 0.493 e. The lowest BCUT2D eigenvalue weighted by atomic mass is 9.96. The maximum atomic E-state index is 12.2. The van der Waals surface area contributed by atoms with Gasteiger partial charge in [0.15, 0.2) is 16.6 Å². The number of nitrogens with zero attached hydrogens (tertiary/aromatic N) is 4. The number of thiazole rings is 1. The van der Waals surface area contributed by atoms with E-state index in [1.807, 2.05) is 6.07 Å². The molecule has 1 amide bonds. The van der Waals surface area contributed by atoms with Gasteiger partial charge in [-0.1, -0.05) is 17.8 Å². The molecule has 0 aliphatic carbocycles. The third-order valence-corrected chi connectivity index (χ3v) is 5.77. The van der Waals surface area contributed by atoms with Gasteiger partial charge in [0.1, 0.15) is 28.5 Å². The number of carbonyl (C=O) groups excluding carboxylic acids is 1. The van der Waals surface area contributed by atoms with Gasteiger partial charge in [-0.2, -0.15) is 10.5 Å². The second-order valence-electron chi connectivity index (χ2n) is 5.89. The zero-order chi connectivity index (χ0) is 22.4. The average molecular weight is 453 g/mol. The van der Waals surface area contributed by atoms with Crippen LogP contribution in [0.1, 0.15) is 11.1 Å². The number of anilines is 2. The van der Waals surface area contributed by atoms with Crippen LogP contribution in [-0.4, -0.2) is 35.8 Å². The Hall–Kier alpha value is -3.80. The summed E-state index contributed by atoms with van der Waals surface area (Å²) in [5.74, 6) is 0.576. The van der Waals surface area contributed by atoms with Gasteiger partial charge in [-0.15, -0.1) is 11.3 Å². The molecule has 0 aliphatic rings. The molecule has 0 fully saturated rings. The molecule has 3 aromatic rings. The van der Waals surface area contributed by atoms with Gasteiger partial charge in [0.05, 0.1) is 25.5 Å². The number of nitrogen functional groups attached to an aromatic ring is 1. The van der Waals surface area contributed by atoms with E-state index in [2.05, 4.69) is 21.4 Å². The van der Waals surface area contributed by atoms with Gasteiger partial charge < -0.3 is 20.5 Å². The molecule has 2 aromatic heterocycles. The van der Waals surface area contributed by atoms with Gasteiger partial charge in [0.2, 0.25) is 5.91 Å². The smallest absolute Gasteiger partial charge is 0.236 e. The number of hydrogen-bond donors (Lipinski definition) is 2. The fraction of sp³-hybridized carbons (Fsp3) is 0.150. The molecule has 0 aliphatic heterocycles. The molecule has 0 spiro atoms. The predicted molar refractivity (Wildman–Crippen MR) is 118 cm³/mol. The van der Waals surface area contributed by atoms with E-state index in [0.29, 0.717) is 27.8 Å². The monoisotopic (exact) mass is 452 g/mol. The van der Waals surface area contributed by atoms with Crippen LogP contribution in [0.2, 0.25) is 0 Å². The maximum absolute atomic E-state index is 12.2. The van der Waals surface area contributed by atoms with E-state index in [9.17, 15) is 15.3 Å². The molecule has 0 atom stereocenters. The van der Waals surface area contributed by atoms with Gasteiger partial charge in [-0.25, -0.2) is 9.97 Å². The van der Waals surface area contributed by atoms with Gasteiger partial charge in [-0.3, -0.25) is 4.79 Å². The average Bonchev–Trinajstić information content (AvgIpc) is 3.29. The molecule has 3 N–H and O–H groups in total. The first-order valence-corrected chi connectivity index (χ1v) is 10.6. The van der Waals surface area contributed by atoms with Crippen LogP contribution >= 0.6 is 23.1 Å². The molecule has 2 heterocycles. The number of nitrogens with two attached hydrogens (primary N) is 1. The number of pyridine rings is 1. The van der Waals surface area contributed by atoms with E-state index in [-0.39, 0.29) is 33.6 Å². The molecule has 1 aromatic carbocycles. The number of nitriles is 2. The van der Waals surface area contributed by atoms with Gasteiger partial charge >= 0.3 is 0 Å². The second-order valence-corrected chi connectivity index (χ2v) is 7.75. The van der Waals surface area contributed by atoms with Crippen LogP contribution in [0.25, 0.3) is 11.1 Å². The number of thioether (sulfide) groups is 1. The Morgan fingerprint density at radius 3 is 2.58 bits per heavy atom. The molecule has 0 radical (unpaired) electrons. The van der Waals surface area contributed by atoms with E-state index < -0.39 is 0 Å². The predicted octanol–water partition coefficient (Wildman–Crippen LogP) is 3.28. The third kappa shape index (κ3) is 4.69. The molecule has 9 nitrogen and oxygen atoms in total. The molecular formula is C20H16N6O3S2. The van der Waals surface area contributed by atoms with Crippen LogP contribution in [0.15, 0.2) is 34.8 Å². The molecule has 0 saturated heterocycles. The van der Waals surface area contributed by atoms with Crippen LogP contribution in [-0.2, 0) is 4.79 Å². The maximum Gasteiger partial charge on any atom is 0.236 e. The lowest BCUT2D eigenvalue weighted by molar-refractivity contribution is -0.113. The Labute approximate surface area is 186 Å². The Balaban J connectivity index is 2.01. The van der Waals surface area contributed by atoms with Crippen molar-refractivity contribution in [2.24, 2.45) is 0 Å². The van der Waals surface area contributed by atoms with Crippen molar-refractivity contribution < 1.29 is 14.3 Å². The number of carbonyl (C=O) groups is 1. The Morgan fingerprint density at radius 2 is 1.97 bits per heavy atom. The summed E-state index contributed by atoms with van der Waals surface area (Å²) >= 11 is 2.34. The first kappa shape index (κ1) is 21.9. The van der Waals surface area contributed by atoms with E-state index in [4.69, 9.17) is 15.2 Å². The van der Waals surface area contributed by atoms with Crippen LogP contribution in [0, 0.1) is 22.7 Å². The summed E-state index contributed by atoms with van der Waals surface area (Å²) in [4.78, 5) is 20.4. The lowest BCUT2D eigenvalue weighted by Crippen LogP contribution is -2.14. The highest BCUT2D eigenvalue weighted by Gasteiger charge is 2.22. The van der Waals surface area contributed by atoms with Crippen molar-refractivity contribution in [2.45, 2.75) is 5.03 Å². The summed E-state index contributed by atoms with van der Waals surface area (Å²) in [5, 5.41) is 24.6. The fourth-order valence-corrected chi connectivity index (χ4v) is 4.10. The number of nitrogens with one attached hydrogen (secondary N) is 1. The van der Waals surface area contributed by atoms with E-state index in [1.165, 1.54) is 25.6 Å². The summed E-state index contributed by atoms with van der Waals surface area (Å²) < 4.78 is 10.6. The normalized spacial score (nSPS) is 10.1. The number of benzene rings is 1. The van der Waals surface area contributed by atoms with Crippen molar-refractivity contribution in [1.29, 1.82) is 10.5 Å². The molecule has 156 valence electrons. The van der Waals surface area contributed by atoms with E-state index in [0.717, 1.165) is 11.8 Å². The summed E-state index contributed by atoms with van der Waals surface area (Å²) in [6.07, 6.45) is 1.58. The van der Waals surface area contributed by atoms with Gasteiger partial charge in [-0.05, 0) is 17.7 Å². The highest BCUT2D eigenvalue weighted by atomic mass is 32.2. The molecular weight excluding hydrogens is 436 g/mol. The van der Waals surface area contributed by atoms with Crippen molar-refractivity contribution in [3.63, 3.8) is 0 Å². The third-order valence-electron chi connectivity index (χ3n) is 4.11. The summed E-state index contributed by atoms with van der Waals surface area (Å²) in [6.45, 7) is 0. The lowest BCUT2D eigenvalue weighted by Gasteiger charge is -2.14. The number of methoxy groups -OCH3 is 2. The minimum atomic E-state index is -0.304. The van der Waals surface area contributed by atoms with Crippen LogP contribution in [0.4, 0.5) is 10.9 Å². The quantitative estimate of drug-likeness (QED) is 0.515. The van der Waals surface area contributed by atoms with Crippen LogP contribution in [0.3, 0.4) is 0 Å². The van der Waals surface area contributed by atoms with Crippen LogP contribution in [0.5, 0.6) is 11.5 Å². The summed E-state index contributed by atoms with van der Waals surface area (Å²) in [5.41, 5.74) is 7.09. The fourth-order valence-electron chi connectivity index (χ4n) is 2.76. The summed E-state index contributed by atoms with van der Waals surface area (Å²) in [7, 11) is 3.00. The van der Waals surface area contributed by atoms with E-state index >= 15 is 0 Å². The van der Waals surface area contributed by atoms with Gasteiger partial charge in [0, 0.05) is 17.1 Å². The van der Waals surface area contributed by atoms with Crippen molar-refractivity contribution >= 4 is 40.0 Å². The Kier molecular flexibility index (Phi) is 6.92. The number of ether oxygens (including phenoxy) is 2. The van der Waals surface area contributed by atoms with Crippen LogP contribution < -0.4 is 20.5 Å². The number of hydrogen-bond acceptors (Lipinski definition) is 10. The molecule has 0 saturated carbocycles. The zero-order valence-electron chi connectivity index (χ0n) is 16.5. The highest BCUT2D eigenvalue weighted by Crippen LogP contribution is 2.39. The Morgan fingerprint density at radius 1 is 1.23 bits per heavy atom. The molecule has 11 heteroatoms. The molecule has 0 unspecified atom stereocenters. The first-order chi connectivity index (χ1) is 15.0.